The fourth-order valence-corrected chi connectivity index (χ4v) is 2.35. The lowest BCUT2D eigenvalue weighted by molar-refractivity contribution is 0.267. The van der Waals surface area contributed by atoms with E-state index >= 15 is 0 Å². The van der Waals surface area contributed by atoms with Gasteiger partial charge in [-0.1, -0.05) is 18.0 Å². The Morgan fingerprint density at radius 1 is 1.44 bits per heavy atom. The number of nitriles is 1. The van der Waals surface area contributed by atoms with Crippen molar-refractivity contribution in [3.8, 4) is 11.8 Å². The molecule has 1 fully saturated rings. The number of ether oxygens (including phenoxy) is 1. The van der Waals surface area contributed by atoms with Gasteiger partial charge in [-0.2, -0.15) is 5.26 Å². The molecule has 1 N–H and O–H groups in total. The van der Waals surface area contributed by atoms with Crippen molar-refractivity contribution in [3.05, 3.63) is 28.8 Å². The molecule has 1 atom stereocenters. The van der Waals surface area contributed by atoms with Crippen LogP contribution in [0.5, 0.6) is 5.75 Å². The van der Waals surface area contributed by atoms with Gasteiger partial charge >= 0.3 is 0 Å². The maximum Gasteiger partial charge on any atom is 0.138 e. The van der Waals surface area contributed by atoms with E-state index in [1.165, 1.54) is 19.3 Å². The average Bonchev–Trinajstić information content (AvgIpc) is 2.40. The molecule has 3 nitrogen and oxygen atoms in total. The number of halogens is 1. The van der Waals surface area contributed by atoms with Crippen LogP contribution in [0.1, 0.15) is 31.2 Å². The normalized spacial score (nSPS) is 19.2. The molecular weight excluding hydrogens is 248 g/mol. The summed E-state index contributed by atoms with van der Waals surface area (Å²) in [5.74, 6) is 0.584. The van der Waals surface area contributed by atoms with Crippen LogP contribution >= 0.6 is 11.6 Å². The zero-order valence-electron chi connectivity index (χ0n) is 10.3. The van der Waals surface area contributed by atoms with E-state index in [9.17, 15) is 0 Å². The van der Waals surface area contributed by atoms with Crippen LogP contribution in [0.2, 0.25) is 5.02 Å². The molecule has 0 bridgehead atoms. The van der Waals surface area contributed by atoms with Gasteiger partial charge in [0.15, 0.2) is 0 Å². The Hall–Kier alpha value is -1.24. The first-order chi connectivity index (χ1) is 8.79. The van der Waals surface area contributed by atoms with Gasteiger partial charge in [0.1, 0.15) is 11.8 Å². The molecule has 1 aliphatic rings. The SMILES string of the molecule is N#Cc1ccc(Cl)cc1OCCC1CCCCN1. The van der Waals surface area contributed by atoms with Crippen LogP contribution in [0.4, 0.5) is 0 Å². The van der Waals surface area contributed by atoms with Gasteiger partial charge < -0.3 is 10.1 Å². The van der Waals surface area contributed by atoms with E-state index in [2.05, 4.69) is 11.4 Å². The number of nitrogens with zero attached hydrogens (tertiary/aromatic N) is 1. The maximum absolute atomic E-state index is 8.97. The summed E-state index contributed by atoms with van der Waals surface area (Å²) in [6.07, 6.45) is 4.74. The van der Waals surface area contributed by atoms with Crippen molar-refractivity contribution >= 4 is 11.6 Å². The number of hydrogen-bond donors (Lipinski definition) is 1. The minimum Gasteiger partial charge on any atom is -0.492 e. The molecule has 2 rings (SSSR count). The van der Waals surface area contributed by atoms with Crippen LogP contribution in [-0.4, -0.2) is 19.2 Å². The first-order valence-corrected chi connectivity index (χ1v) is 6.73. The minimum absolute atomic E-state index is 0.538. The molecule has 1 unspecified atom stereocenters. The van der Waals surface area contributed by atoms with E-state index in [-0.39, 0.29) is 0 Å². The molecule has 1 aliphatic heterocycles. The highest BCUT2D eigenvalue weighted by Crippen LogP contribution is 2.23. The lowest BCUT2D eigenvalue weighted by Gasteiger charge is -2.23. The Bertz CT molecular complexity index is 436. The molecule has 18 heavy (non-hydrogen) atoms. The molecule has 4 heteroatoms. The number of benzene rings is 1. The summed E-state index contributed by atoms with van der Waals surface area (Å²) in [4.78, 5) is 0. The van der Waals surface area contributed by atoms with Crippen molar-refractivity contribution in [2.75, 3.05) is 13.2 Å². The Labute approximate surface area is 113 Å². The largest absolute Gasteiger partial charge is 0.492 e. The quantitative estimate of drug-likeness (QED) is 0.909. The number of nitrogens with one attached hydrogen (secondary N) is 1. The number of hydrogen-bond acceptors (Lipinski definition) is 3. The lowest BCUT2D eigenvalue weighted by Crippen LogP contribution is -2.35. The van der Waals surface area contributed by atoms with Crippen molar-refractivity contribution < 1.29 is 4.74 Å². The van der Waals surface area contributed by atoms with Gasteiger partial charge in [-0.05, 0) is 37.9 Å². The summed E-state index contributed by atoms with van der Waals surface area (Å²) in [7, 11) is 0. The summed E-state index contributed by atoms with van der Waals surface area (Å²) in [6, 6.07) is 7.75. The first-order valence-electron chi connectivity index (χ1n) is 6.35. The predicted octanol–water partition coefficient (Wildman–Crippen LogP) is 3.12. The van der Waals surface area contributed by atoms with Crippen LogP contribution in [0.15, 0.2) is 18.2 Å². The first kappa shape index (κ1) is 13.2. The Morgan fingerprint density at radius 2 is 2.33 bits per heavy atom. The van der Waals surface area contributed by atoms with Crippen molar-refractivity contribution in [1.29, 1.82) is 5.26 Å². The molecule has 96 valence electrons. The summed E-state index contributed by atoms with van der Waals surface area (Å²) in [5.41, 5.74) is 0.538. The van der Waals surface area contributed by atoms with E-state index in [4.69, 9.17) is 21.6 Å². The molecular formula is C14H17ClN2O. The van der Waals surface area contributed by atoms with Crippen LogP contribution in [0.25, 0.3) is 0 Å². The molecule has 0 saturated carbocycles. The van der Waals surface area contributed by atoms with Crippen LogP contribution in [-0.2, 0) is 0 Å². The summed E-state index contributed by atoms with van der Waals surface area (Å²) < 4.78 is 5.66. The molecule has 1 saturated heterocycles. The molecule has 0 aliphatic carbocycles. The highest BCUT2D eigenvalue weighted by atomic mass is 35.5. The van der Waals surface area contributed by atoms with Gasteiger partial charge in [-0.3, -0.25) is 0 Å². The summed E-state index contributed by atoms with van der Waals surface area (Å²) in [6.45, 7) is 1.72. The summed E-state index contributed by atoms with van der Waals surface area (Å²) >= 11 is 5.90. The second kappa shape index (κ2) is 6.63. The lowest BCUT2D eigenvalue weighted by atomic mass is 10.0. The molecule has 1 aromatic rings. The van der Waals surface area contributed by atoms with Gasteiger partial charge in [0.25, 0.3) is 0 Å². The summed E-state index contributed by atoms with van der Waals surface area (Å²) in [5, 5.41) is 13.0. The minimum atomic E-state index is 0.538. The highest BCUT2D eigenvalue weighted by Gasteiger charge is 2.12. The third kappa shape index (κ3) is 3.63. The van der Waals surface area contributed by atoms with Crippen LogP contribution < -0.4 is 10.1 Å². The van der Waals surface area contributed by atoms with Crippen molar-refractivity contribution in [2.24, 2.45) is 0 Å². The average molecular weight is 265 g/mol. The van der Waals surface area contributed by atoms with Gasteiger partial charge in [0.2, 0.25) is 0 Å². The standard InChI is InChI=1S/C14H17ClN2O/c15-12-5-4-11(10-16)14(9-12)18-8-6-13-3-1-2-7-17-13/h4-5,9,13,17H,1-3,6-8H2. The van der Waals surface area contributed by atoms with E-state index in [1.54, 1.807) is 18.2 Å². The van der Waals surface area contributed by atoms with Crippen molar-refractivity contribution in [3.63, 3.8) is 0 Å². The molecule has 0 spiro atoms. The van der Waals surface area contributed by atoms with E-state index in [1.807, 2.05) is 0 Å². The molecule has 0 amide bonds. The Balaban J connectivity index is 1.86. The Kier molecular flexibility index (Phi) is 4.86. The van der Waals surface area contributed by atoms with Crippen molar-refractivity contribution in [2.45, 2.75) is 31.7 Å². The van der Waals surface area contributed by atoms with Gasteiger partial charge in [-0.15, -0.1) is 0 Å². The number of rotatable bonds is 4. The van der Waals surface area contributed by atoms with Crippen molar-refractivity contribution in [1.82, 2.24) is 5.32 Å². The topological polar surface area (TPSA) is 45.0 Å². The number of piperidine rings is 1. The zero-order chi connectivity index (χ0) is 12.8. The van der Waals surface area contributed by atoms with Crippen LogP contribution in [0.3, 0.4) is 0 Å². The molecule has 0 aromatic heterocycles. The second-order valence-electron chi connectivity index (χ2n) is 4.54. The van der Waals surface area contributed by atoms with Gasteiger partial charge in [0.05, 0.1) is 12.2 Å². The smallest absolute Gasteiger partial charge is 0.138 e. The van der Waals surface area contributed by atoms with E-state index < -0.39 is 0 Å². The van der Waals surface area contributed by atoms with E-state index in [0.29, 0.717) is 29.0 Å². The fraction of sp³-hybridized carbons (Fsp3) is 0.500. The third-order valence-electron chi connectivity index (χ3n) is 3.20. The Morgan fingerprint density at radius 3 is 3.06 bits per heavy atom. The van der Waals surface area contributed by atoms with E-state index in [0.717, 1.165) is 13.0 Å². The zero-order valence-corrected chi connectivity index (χ0v) is 11.0. The monoisotopic (exact) mass is 264 g/mol. The predicted molar refractivity (Wildman–Crippen MR) is 71.9 cm³/mol. The second-order valence-corrected chi connectivity index (χ2v) is 4.97. The molecule has 1 aromatic carbocycles. The third-order valence-corrected chi connectivity index (χ3v) is 3.44. The van der Waals surface area contributed by atoms with Gasteiger partial charge in [0, 0.05) is 17.1 Å². The maximum atomic E-state index is 8.97. The van der Waals surface area contributed by atoms with Gasteiger partial charge in [-0.25, -0.2) is 0 Å². The fourth-order valence-electron chi connectivity index (χ4n) is 2.19. The molecule has 0 radical (unpaired) electrons. The highest BCUT2D eigenvalue weighted by molar-refractivity contribution is 6.30. The molecule has 1 heterocycles. The van der Waals surface area contributed by atoms with Crippen LogP contribution in [0, 0.1) is 11.3 Å².